The molecule has 2 aromatic rings. The summed E-state index contributed by atoms with van der Waals surface area (Å²) in [4.78, 5) is 16.5. The summed E-state index contributed by atoms with van der Waals surface area (Å²) in [5.74, 6) is -3.38. The lowest BCUT2D eigenvalue weighted by molar-refractivity contribution is -0.138. The van der Waals surface area contributed by atoms with E-state index in [0.29, 0.717) is 42.6 Å². The number of anilines is 2. The first-order valence-corrected chi connectivity index (χ1v) is 12.6. The summed E-state index contributed by atoms with van der Waals surface area (Å²) >= 11 is 6.16. The molecule has 1 aliphatic rings. The maximum Gasteiger partial charge on any atom is 0.390 e. The van der Waals surface area contributed by atoms with E-state index in [9.17, 15) is 31.9 Å². The Bertz CT molecular complexity index is 1140. The molecule has 210 valence electrons. The quantitative estimate of drug-likeness (QED) is 0.381. The molecule has 2 aromatic carbocycles. The van der Waals surface area contributed by atoms with E-state index in [1.807, 2.05) is 4.90 Å². The van der Waals surface area contributed by atoms with E-state index in [4.69, 9.17) is 17.3 Å². The number of benzene rings is 2. The number of alkyl halides is 3. The largest absolute Gasteiger partial charge is 0.396 e. The molecule has 0 bridgehead atoms. The molecule has 1 saturated heterocycles. The zero-order valence-corrected chi connectivity index (χ0v) is 22.0. The zero-order chi connectivity index (χ0) is 28.3. The van der Waals surface area contributed by atoms with Gasteiger partial charge in [0.1, 0.15) is 0 Å². The van der Waals surface area contributed by atoms with Crippen LogP contribution >= 0.6 is 11.6 Å². The maximum absolute atomic E-state index is 14.9. The highest BCUT2D eigenvalue weighted by molar-refractivity contribution is 6.31. The van der Waals surface area contributed by atoms with E-state index in [2.05, 4.69) is 5.32 Å². The van der Waals surface area contributed by atoms with Crippen LogP contribution in [0.2, 0.25) is 5.02 Å². The molecular formula is C26H32ClF5N4O2. The van der Waals surface area contributed by atoms with Crippen molar-refractivity contribution >= 4 is 28.9 Å². The topological polar surface area (TPSA) is 81.8 Å². The Morgan fingerprint density at radius 3 is 2.37 bits per heavy atom. The van der Waals surface area contributed by atoms with Gasteiger partial charge in [-0.15, -0.1) is 0 Å². The first-order chi connectivity index (χ1) is 17.7. The monoisotopic (exact) mass is 562 g/mol. The molecule has 1 amide bonds. The summed E-state index contributed by atoms with van der Waals surface area (Å²) < 4.78 is 67.4. The lowest BCUT2D eigenvalue weighted by atomic mass is 9.82. The number of nitrogens with two attached hydrogens (primary N) is 1. The van der Waals surface area contributed by atoms with Crippen LogP contribution in [0.3, 0.4) is 0 Å². The molecule has 3 rings (SSSR count). The van der Waals surface area contributed by atoms with Crippen LogP contribution in [0.1, 0.15) is 36.2 Å². The third kappa shape index (κ3) is 7.56. The second-order valence-electron chi connectivity index (χ2n) is 10.2. The van der Waals surface area contributed by atoms with Crippen LogP contribution in [-0.2, 0) is 6.42 Å². The molecule has 0 aliphatic carbocycles. The van der Waals surface area contributed by atoms with Crippen molar-refractivity contribution in [1.29, 1.82) is 0 Å². The Hall–Kier alpha value is -2.47. The van der Waals surface area contributed by atoms with Crippen molar-refractivity contribution in [3.05, 3.63) is 58.1 Å². The van der Waals surface area contributed by atoms with Crippen LogP contribution in [-0.4, -0.2) is 67.5 Å². The number of amides is 1. The average molecular weight is 563 g/mol. The number of piperazine rings is 1. The standard InChI is InChI=1S/C26H32ClF5N4O2/c1-25(2,15-37)21(33)13-16-3-5-18(23(29)22(16)28)24(38)34-19-6-4-17(27)14-20(19)36-11-9-35(10-12-36)8-7-26(30,31)32/h3-6,14,21,37H,7-13,15,33H2,1-2H3,(H,34,38). The van der Waals surface area contributed by atoms with Gasteiger partial charge in [-0.05, 0) is 36.2 Å². The summed E-state index contributed by atoms with van der Waals surface area (Å²) in [7, 11) is 0. The van der Waals surface area contributed by atoms with Gasteiger partial charge in [0.25, 0.3) is 5.91 Å². The summed E-state index contributed by atoms with van der Waals surface area (Å²) in [6.45, 7) is 4.63. The van der Waals surface area contributed by atoms with Crippen molar-refractivity contribution < 1.29 is 31.9 Å². The van der Waals surface area contributed by atoms with Crippen LogP contribution in [0.15, 0.2) is 30.3 Å². The highest BCUT2D eigenvalue weighted by Gasteiger charge is 2.30. The van der Waals surface area contributed by atoms with Crippen molar-refractivity contribution in [2.45, 2.75) is 38.9 Å². The van der Waals surface area contributed by atoms with E-state index in [1.165, 1.54) is 24.3 Å². The number of nitrogens with zero attached hydrogens (tertiary/aromatic N) is 2. The highest BCUT2D eigenvalue weighted by Crippen LogP contribution is 2.32. The van der Waals surface area contributed by atoms with Gasteiger partial charge in [0.15, 0.2) is 11.6 Å². The van der Waals surface area contributed by atoms with Gasteiger partial charge in [-0.1, -0.05) is 31.5 Å². The third-order valence-corrected chi connectivity index (χ3v) is 7.13. The molecule has 1 fully saturated rings. The molecule has 0 aromatic heterocycles. The smallest absolute Gasteiger partial charge is 0.390 e. The SMILES string of the molecule is CC(C)(CO)C(N)Cc1ccc(C(=O)Nc2ccc(Cl)cc2N2CCN(CCC(F)(F)F)CC2)c(F)c1F. The number of hydrogen-bond acceptors (Lipinski definition) is 5. The number of nitrogens with one attached hydrogen (secondary N) is 1. The minimum atomic E-state index is -4.23. The first kappa shape index (κ1) is 30.1. The number of carbonyl (C=O) groups excluding carboxylic acids is 1. The lowest BCUT2D eigenvalue weighted by Gasteiger charge is -2.37. The minimum Gasteiger partial charge on any atom is -0.396 e. The van der Waals surface area contributed by atoms with Crippen LogP contribution < -0.4 is 16.0 Å². The fourth-order valence-electron chi connectivity index (χ4n) is 4.11. The fraction of sp³-hybridized carbons (Fsp3) is 0.500. The van der Waals surface area contributed by atoms with Gasteiger partial charge in [0, 0.05) is 55.8 Å². The number of aliphatic hydroxyl groups is 1. The summed E-state index contributed by atoms with van der Waals surface area (Å²) in [6.07, 6.45) is -5.15. The van der Waals surface area contributed by atoms with Crippen molar-refractivity contribution in [1.82, 2.24) is 4.90 Å². The molecule has 1 unspecified atom stereocenters. The van der Waals surface area contributed by atoms with Crippen LogP contribution in [0.25, 0.3) is 0 Å². The van der Waals surface area contributed by atoms with Crippen molar-refractivity contribution in [3.63, 3.8) is 0 Å². The normalized spacial score (nSPS) is 16.0. The second-order valence-corrected chi connectivity index (χ2v) is 10.6. The van der Waals surface area contributed by atoms with Gasteiger partial charge >= 0.3 is 6.18 Å². The molecule has 38 heavy (non-hydrogen) atoms. The molecule has 1 aliphatic heterocycles. The summed E-state index contributed by atoms with van der Waals surface area (Å²) in [6, 6.07) is 6.49. The minimum absolute atomic E-state index is 0.0105. The van der Waals surface area contributed by atoms with Crippen LogP contribution in [0.4, 0.5) is 33.3 Å². The van der Waals surface area contributed by atoms with Gasteiger partial charge < -0.3 is 21.1 Å². The Labute approximate surface area is 223 Å². The number of rotatable bonds is 9. The summed E-state index contributed by atoms with van der Waals surface area (Å²) in [5, 5.41) is 12.4. The van der Waals surface area contributed by atoms with Crippen molar-refractivity contribution in [2.75, 3.05) is 49.5 Å². The molecule has 4 N–H and O–H groups in total. The van der Waals surface area contributed by atoms with E-state index in [1.54, 1.807) is 24.8 Å². The number of halogens is 6. The highest BCUT2D eigenvalue weighted by atomic mass is 35.5. The fourth-order valence-corrected chi connectivity index (χ4v) is 4.28. The number of carbonyl (C=O) groups is 1. The van der Waals surface area contributed by atoms with E-state index in [-0.39, 0.29) is 25.1 Å². The van der Waals surface area contributed by atoms with Gasteiger partial charge in [-0.3, -0.25) is 9.69 Å². The molecule has 1 atom stereocenters. The van der Waals surface area contributed by atoms with Gasteiger partial charge in [-0.25, -0.2) is 8.78 Å². The van der Waals surface area contributed by atoms with Crippen molar-refractivity contribution in [2.24, 2.45) is 11.1 Å². The van der Waals surface area contributed by atoms with Gasteiger partial charge in [-0.2, -0.15) is 13.2 Å². The molecule has 6 nitrogen and oxygen atoms in total. The Morgan fingerprint density at radius 1 is 1.11 bits per heavy atom. The van der Waals surface area contributed by atoms with E-state index >= 15 is 0 Å². The van der Waals surface area contributed by atoms with Crippen LogP contribution in [0, 0.1) is 17.0 Å². The zero-order valence-electron chi connectivity index (χ0n) is 21.2. The first-order valence-electron chi connectivity index (χ1n) is 12.2. The van der Waals surface area contributed by atoms with Gasteiger partial charge in [0.05, 0.1) is 23.4 Å². The van der Waals surface area contributed by atoms with Crippen molar-refractivity contribution in [3.8, 4) is 0 Å². The molecule has 1 heterocycles. The second kappa shape index (κ2) is 12.1. The third-order valence-electron chi connectivity index (χ3n) is 6.89. The molecule has 0 saturated carbocycles. The summed E-state index contributed by atoms with van der Waals surface area (Å²) in [5.41, 5.74) is 5.66. The van der Waals surface area contributed by atoms with E-state index in [0.717, 1.165) is 0 Å². The van der Waals surface area contributed by atoms with E-state index < -0.39 is 47.2 Å². The van der Waals surface area contributed by atoms with Gasteiger partial charge in [0.2, 0.25) is 0 Å². The predicted molar refractivity (Wildman–Crippen MR) is 138 cm³/mol. The Balaban J connectivity index is 1.74. The predicted octanol–water partition coefficient (Wildman–Crippen LogP) is 4.83. The molecular weight excluding hydrogens is 531 g/mol. The molecule has 12 heteroatoms. The number of aliphatic hydroxyl groups excluding tert-OH is 1. The molecule has 0 radical (unpaired) electrons. The maximum atomic E-state index is 14.9. The average Bonchev–Trinajstić information content (AvgIpc) is 2.86. The lowest BCUT2D eigenvalue weighted by Crippen LogP contribution is -2.47. The molecule has 0 spiro atoms. The number of hydrogen-bond donors (Lipinski definition) is 3. The Morgan fingerprint density at radius 2 is 1.76 bits per heavy atom. The Kier molecular flexibility index (Phi) is 9.62. The van der Waals surface area contributed by atoms with Crippen LogP contribution in [0.5, 0.6) is 0 Å².